The predicted molar refractivity (Wildman–Crippen MR) is 90.7 cm³/mol. The van der Waals surface area contributed by atoms with E-state index in [0.717, 1.165) is 5.69 Å². The van der Waals surface area contributed by atoms with Crippen LogP contribution in [0.2, 0.25) is 0 Å². The van der Waals surface area contributed by atoms with E-state index in [2.05, 4.69) is 26.3 Å². The lowest BCUT2D eigenvalue weighted by atomic mass is 10.2. The van der Waals surface area contributed by atoms with Crippen molar-refractivity contribution >= 4 is 23.0 Å². The van der Waals surface area contributed by atoms with Crippen molar-refractivity contribution in [2.45, 2.75) is 0 Å². The lowest BCUT2D eigenvalue weighted by molar-refractivity contribution is 0.355. The molecule has 0 atom stereocenters. The molecule has 120 valence electrons. The summed E-state index contributed by atoms with van der Waals surface area (Å²) in [6, 6.07) is 7.48. The summed E-state index contributed by atoms with van der Waals surface area (Å²) in [5, 5.41) is 14.8. The first kappa shape index (κ1) is 15.7. The molecule has 0 bridgehead atoms. The summed E-state index contributed by atoms with van der Waals surface area (Å²) in [5.41, 5.74) is 1.62. The number of methoxy groups -OCH3 is 2. The molecule has 8 heteroatoms. The van der Waals surface area contributed by atoms with Crippen LogP contribution in [0.5, 0.6) is 11.5 Å². The molecule has 0 radical (unpaired) electrons. The molecule has 0 unspecified atom stereocenters. The second-order valence-electron chi connectivity index (χ2n) is 4.60. The van der Waals surface area contributed by atoms with Crippen molar-refractivity contribution in [1.82, 2.24) is 15.0 Å². The van der Waals surface area contributed by atoms with Gasteiger partial charge in [-0.3, -0.25) is 0 Å². The van der Waals surface area contributed by atoms with Crippen molar-refractivity contribution in [3.8, 4) is 28.3 Å². The summed E-state index contributed by atoms with van der Waals surface area (Å²) in [5.74, 6) is 1.59. The molecule has 0 aliphatic heterocycles. The lowest BCUT2D eigenvalue weighted by Crippen LogP contribution is -2.01. The van der Waals surface area contributed by atoms with E-state index in [4.69, 9.17) is 9.47 Å². The number of ether oxygens (including phenoxy) is 2. The van der Waals surface area contributed by atoms with E-state index in [9.17, 15) is 5.26 Å². The van der Waals surface area contributed by atoms with Crippen molar-refractivity contribution in [2.24, 2.45) is 0 Å². The number of thiazole rings is 1. The maximum atomic E-state index is 9.22. The fraction of sp³-hybridized carbons (Fsp3) is 0.125. The van der Waals surface area contributed by atoms with Crippen LogP contribution in [-0.4, -0.2) is 29.2 Å². The zero-order chi connectivity index (χ0) is 16.9. The highest BCUT2D eigenvalue weighted by molar-refractivity contribution is 7.13. The number of anilines is 2. The van der Waals surface area contributed by atoms with Crippen LogP contribution in [0.25, 0.3) is 10.7 Å². The molecule has 2 heterocycles. The van der Waals surface area contributed by atoms with Gasteiger partial charge in [0.1, 0.15) is 16.8 Å². The summed E-state index contributed by atoms with van der Waals surface area (Å²) in [7, 11) is 3.15. The quantitative estimate of drug-likeness (QED) is 0.762. The molecule has 3 aromatic rings. The first-order valence-electron chi connectivity index (χ1n) is 6.91. The normalized spacial score (nSPS) is 10.0. The van der Waals surface area contributed by atoms with Gasteiger partial charge in [-0.05, 0) is 12.1 Å². The predicted octanol–water partition coefficient (Wildman–Crippen LogP) is 3.23. The first-order valence-corrected chi connectivity index (χ1v) is 7.79. The summed E-state index contributed by atoms with van der Waals surface area (Å²) >= 11 is 1.41. The fourth-order valence-electron chi connectivity index (χ4n) is 2.07. The summed E-state index contributed by atoms with van der Waals surface area (Å²) in [6.45, 7) is 0. The van der Waals surface area contributed by atoms with E-state index in [1.165, 1.54) is 17.5 Å². The van der Waals surface area contributed by atoms with Gasteiger partial charge >= 0.3 is 0 Å². The van der Waals surface area contributed by atoms with Crippen LogP contribution in [0.15, 0.2) is 36.0 Å². The zero-order valence-corrected chi connectivity index (χ0v) is 13.8. The Morgan fingerprint density at radius 1 is 1.17 bits per heavy atom. The molecule has 0 aliphatic carbocycles. The molecule has 1 N–H and O–H groups in total. The molecular formula is C16H13N5O2S. The molecule has 0 amide bonds. The Bertz CT molecular complexity index is 890. The van der Waals surface area contributed by atoms with Crippen molar-refractivity contribution < 1.29 is 9.47 Å². The van der Waals surface area contributed by atoms with Gasteiger partial charge in [0.25, 0.3) is 0 Å². The van der Waals surface area contributed by atoms with E-state index >= 15 is 0 Å². The number of nitriles is 1. The monoisotopic (exact) mass is 339 g/mol. The van der Waals surface area contributed by atoms with Gasteiger partial charge in [-0.1, -0.05) is 0 Å². The van der Waals surface area contributed by atoms with Gasteiger partial charge in [0.15, 0.2) is 11.5 Å². The Morgan fingerprint density at radius 2 is 2.00 bits per heavy atom. The highest BCUT2D eigenvalue weighted by Gasteiger charge is 2.12. The second kappa shape index (κ2) is 6.93. The standard InChI is InChI=1S/C16H13N5O2S/c1-22-12-4-3-11(7-13(12)23-2)20-16-19-9-10(8-17)14(21-16)15-18-5-6-24-15/h3-7,9H,1-2H3,(H,19,20,21). The van der Waals surface area contributed by atoms with Crippen LogP contribution in [-0.2, 0) is 0 Å². The number of benzene rings is 1. The highest BCUT2D eigenvalue weighted by Crippen LogP contribution is 2.31. The van der Waals surface area contributed by atoms with Crippen LogP contribution in [0.4, 0.5) is 11.6 Å². The maximum absolute atomic E-state index is 9.22. The molecule has 0 fully saturated rings. The average molecular weight is 339 g/mol. The number of rotatable bonds is 5. The first-order chi connectivity index (χ1) is 11.7. The molecule has 2 aromatic heterocycles. The van der Waals surface area contributed by atoms with Crippen LogP contribution in [0, 0.1) is 11.3 Å². The van der Waals surface area contributed by atoms with Gasteiger partial charge in [-0.25, -0.2) is 15.0 Å². The third-order valence-electron chi connectivity index (χ3n) is 3.18. The number of nitrogens with zero attached hydrogens (tertiary/aromatic N) is 4. The van der Waals surface area contributed by atoms with Crippen molar-refractivity contribution in [2.75, 3.05) is 19.5 Å². The van der Waals surface area contributed by atoms with E-state index in [0.29, 0.717) is 33.7 Å². The molecule has 0 aliphatic rings. The largest absolute Gasteiger partial charge is 0.493 e. The minimum absolute atomic E-state index is 0.367. The average Bonchev–Trinajstić information content (AvgIpc) is 3.16. The van der Waals surface area contributed by atoms with Crippen LogP contribution >= 0.6 is 11.3 Å². The third-order valence-corrected chi connectivity index (χ3v) is 3.96. The van der Waals surface area contributed by atoms with E-state index in [-0.39, 0.29) is 0 Å². The topological polar surface area (TPSA) is 93.0 Å². The van der Waals surface area contributed by atoms with E-state index in [1.54, 1.807) is 32.5 Å². The van der Waals surface area contributed by atoms with Gasteiger partial charge in [-0.2, -0.15) is 5.26 Å². The second-order valence-corrected chi connectivity index (χ2v) is 5.49. The van der Waals surface area contributed by atoms with Gasteiger partial charge in [0.05, 0.1) is 26.0 Å². The molecular weight excluding hydrogens is 326 g/mol. The summed E-state index contributed by atoms with van der Waals surface area (Å²) in [4.78, 5) is 12.8. The molecule has 24 heavy (non-hydrogen) atoms. The smallest absolute Gasteiger partial charge is 0.227 e. The van der Waals surface area contributed by atoms with E-state index in [1.807, 2.05) is 11.4 Å². The van der Waals surface area contributed by atoms with Gasteiger partial charge in [0.2, 0.25) is 5.95 Å². The number of nitrogens with one attached hydrogen (secondary N) is 1. The summed E-state index contributed by atoms with van der Waals surface area (Å²) < 4.78 is 10.5. The fourth-order valence-corrected chi connectivity index (χ4v) is 2.71. The number of hydrogen-bond donors (Lipinski definition) is 1. The number of aromatic nitrogens is 3. The molecule has 1 aromatic carbocycles. The van der Waals surface area contributed by atoms with Crippen molar-refractivity contribution in [3.63, 3.8) is 0 Å². The summed E-state index contributed by atoms with van der Waals surface area (Å²) in [6.07, 6.45) is 3.15. The van der Waals surface area contributed by atoms with Crippen molar-refractivity contribution in [1.29, 1.82) is 5.26 Å². The maximum Gasteiger partial charge on any atom is 0.227 e. The van der Waals surface area contributed by atoms with Gasteiger partial charge in [0, 0.05) is 23.3 Å². The van der Waals surface area contributed by atoms with Crippen molar-refractivity contribution in [3.05, 3.63) is 41.5 Å². The van der Waals surface area contributed by atoms with E-state index < -0.39 is 0 Å². The Balaban J connectivity index is 1.94. The molecule has 0 saturated heterocycles. The Morgan fingerprint density at radius 3 is 2.67 bits per heavy atom. The Kier molecular flexibility index (Phi) is 4.54. The minimum atomic E-state index is 0.367. The van der Waals surface area contributed by atoms with Gasteiger partial charge in [-0.15, -0.1) is 11.3 Å². The van der Waals surface area contributed by atoms with Crippen LogP contribution in [0.1, 0.15) is 5.56 Å². The Labute approximate surface area is 142 Å². The molecule has 0 saturated carbocycles. The molecule has 0 spiro atoms. The Hall–Kier alpha value is -3.18. The third kappa shape index (κ3) is 3.11. The zero-order valence-electron chi connectivity index (χ0n) is 13.0. The SMILES string of the molecule is COc1ccc(Nc2ncc(C#N)c(-c3nccs3)n2)cc1OC. The van der Waals surface area contributed by atoms with Gasteiger partial charge < -0.3 is 14.8 Å². The molecule has 7 nitrogen and oxygen atoms in total. The van der Waals surface area contributed by atoms with Crippen LogP contribution in [0.3, 0.4) is 0 Å². The molecule has 3 rings (SSSR count). The lowest BCUT2D eigenvalue weighted by Gasteiger charge is -2.11. The minimum Gasteiger partial charge on any atom is -0.493 e. The number of hydrogen-bond acceptors (Lipinski definition) is 8. The van der Waals surface area contributed by atoms with Crippen LogP contribution < -0.4 is 14.8 Å². The highest BCUT2D eigenvalue weighted by atomic mass is 32.1.